The summed E-state index contributed by atoms with van der Waals surface area (Å²) in [6.07, 6.45) is 2.10. The fraction of sp³-hybridized carbons (Fsp3) is 0.312. The Hall–Kier alpha value is -2.47. The van der Waals surface area contributed by atoms with E-state index in [1.165, 1.54) is 17.3 Å². The van der Waals surface area contributed by atoms with Gasteiger partial charge in [-0.2, -0.15) is 0 Å². The SMILES string of the molecule is CCN(CC(O)c1ccc(C)cc1)C(=O)c1nccnc1N. The summed E-state index contributed by atoms with van der Waals surface area (Å²) in [5.74, 6) is -0.241. The second kappa shape index (κ2) is 7.00. The molecule has 0 fully saturated rings. The standard InChI is InChI=1S/C16H20N4O2/c1-3-20(16(22)14-15(17)19-9-8-18-14)10-13(21)12-6-4-11(2)5-7-12/h4-9,13,21H,3,10H2,1-2H3,(H2,17,19). The molecule has 116 valence electrons. The van der Waals surface area contributed by atoms with E-state index in [1.54, 1.807) is 0 Å². The molecule has 0 aliphatic rings. The Morgan fingerprint density at radius 3 is 2.50 bits per heavy atom. The molecular weight excluding hydrogens is 280 g/mol. The van der Waals surface area contributed by atoms with Crippen LogP contribution in [0.4, 0.5) is 5.82 Å². The number of likely N-dealkylation sites (N-methyl/N-ethyl adjacent to an activating group) is 1. The molecule has 1 aromatic heterocycles. The van der Waals surface area contributed by atoms with Gasteiger partial charge in [-0.3, -0.25) is 4.79 Å². The summed E-state index contributed by atoms with van der Waals surface area (Å²) < 4.78 is 0. The molecule has 1 heterocycles. The average Bonchev–Trinajstić information content (AvgIpc) is 2.53. The first-order chi connectivity index (χ1) is 10.5. The Balaban J connectivity index is 2.13. The molecule has 1 aromatic carbocycles. The summed E-state index contributed by atoms with van der Waals surface area (Å²) in [4.78, 5) is 21.8. The summed E-state index contributed by atoms with van der Waals surface area (Å²) in [6, 6.07) is 7.57. The van der Waals surface area contributed by atoms with Gasteiger partial charge in [-0.1, -0.05) is 29.8 Å². The lowest BCUT2D eigenvalue weighted by atomic mass is 10.1. The number of aryl methyl sites for hydroxylation is 1. The van der Waals surface area contributed by atoms with Crippen molar-refractivity contribution in [2.45, 2.75) is 20.0 Å². The predicted molar refractivity (Wildman–Crippen MR) is 84.2 cm³/mol. The lowest BCUT2D eigenvalue weighted by Crippen LogP contribution is -2.35. The quantitative estimate of drug-likeness (QED) is 0.874. The molecule has 6 nitrogen and oxygen atoms in total. The Morgan fingerprint density at radius 1 is 1.27 bits per heavy atom. The maximum absolute atomic E-state index is 12.4. The summed E-state index contributed by atoms with van der Waals surface area (Å²) in [5.41, 5.74) is 7.69. The lowest BCUT2D eigenvalue weighted by molar-refractivity contribution is 0.0630. The number of aliphatic hydroxyl groups excluding tert-OH is 1. The number of aliphatic hydroxyl groups is 1. The number of rotatable bonds is 5. The van der Waals surface area contributed by atoms with Crippen LogP contribution >= 0.6 is 0 Å². The van der Waals surface area contributed by atoms with Crippen LogP contribution in [0.5, 0.6) is 0 Å². The van der Waals surface area contributed by atoms with Gasteiger partial charge < -0.3 is 15.7 Å². The number of hydrogen-bond acceptors (Lipinski definition) is 5. The molecule has 0 bridgehead atoms. The van der Waals surface area contributed by atoms with Crippen LogP contribution in [-0.4, -0.2) is 39.0 Å². The van der Waals surface area contributed by atoms with E-state index < -0.39 is 6.10 Å². The molecule has 2 rings (SSSR count). The molecule has 0 radical (unpaired) electrons. The number of anilines is 1. The molecule has 0 saturated heterocycles. The molecule has 0 saturated carbocycles. The number of nitrogens with two attached hydrogens (primary N) is 1. The van der Waals surface area contributed by atoms with Gasteiger partial charge in [0.15, 0.2) is 11.5 Å². The molecule has 1 unspecified atom stereocenters. The largest absolute Gasteiger partial charge is 0.387 e. The van der Waals surface area contributed by atoms with Crippen LogP contribution in [0.15, 0.2) is 36.7 Å². The number of aromatic nitrogens is 2. The summed E-state index contributed by atoms with van der Waals surface area (Å²) >= 11 is 0. The normalized spacial score (nSPS) is 12.0. The van der Waals surface area contributed by atoms with E-state index >= 15 is 0 Å². The number of nitrogen functional groups attached to an aromatic ring is 1. The van der Waals surface area contributed by atoms with Crippen molar-refractivity contribution in [3.63, 3.8) is 0 Å². The number of carbonyl (C=O) groups is 1. The van der Waals surface area contributed by atoms with Crippen molar-refractivity contribution in [1.82, 2.24) is 14.9 Å². The minimum absolute atomic E-state index is 0.0933. The molecule has 0 aliphatic heterocycles. The maximum Gasteiger partial charge on any atom is 0.276 e. The third-order valence-corrected chi connectivity index (χ3v) is 3.45. The molecule has 6 heteroatoms. The van der Waals surface area contributed by atoms with Gasteiger partial charge >= 0.3 is 0 Å². The van der Waals surface area contributed by atoms with Crippen molar-refractivity contribution in [1.29, 1.82) is 0 Å². The van der Waals surface area contributed by atoms with Gasteiger partial charge in [-0.05, 0) is 19.4 Å². The van der Waals surface area contributed by atoms with Gasteiger partial charge in [0.25, 0.3) is 5.91 Å². The fourth-order valence-electron chi connectivity index (χ4n) is 2.12. The van der Waals surface area contributed by atoms with Crippen LogP contribution in [0.25, 0.3) is 0 Å². The van der Waals surface area contributed by atoms with Gasteiger partial charge in [0.1, 0.15) is 0 Å². The monoisotopic (exact) mass is 300 g/mol. The molecule has 0 aliphatic carbocycles. The van der Waals surface area contributed by atoms with Gasteiger partial charge in [-0.25, -0.2) is 9.97 Å². The highest BCUT2D eigenvalue weighted by Gasteiger charge is 2.21. The average molecular weight is 300 g/mol. The van der Waals surface area contributed by atoms with Crippen LogP contribution in [0, 0.1) is 6.92 Å². The van der Waals surface area contributed by atoms with Crippen LogP contribution in [0.3, 0.4) is 0 Å². The topological polar surface area (TPSA) is 92.3 Å². The zero-order chi connectivity index (χ0) is 16.1. The van der Waals surface area contributed by atoms with Crippen LogP contribution in [0.1, 0.15) is 34.6 Å². The number of hydrogen-bond donors (Lipinski definition) is 2. The highest BCUT2D eigenvalue weighted by atomic mass is 16.3. The molecule has 1 amide bonds. The second-order valence-corrected chi connectivity index (χ2v) is 5.06. The maximum atomic E-state index is 12.4. The molecule has 2 aromatic rings. The minimum Gasteiger partial charge on any atom is -0.387 e. The minimum atomic E-state index is -0.762. The highest BCUT2D eigenvalue weighted by Crippen LogP contribution is 2.17. The van der Waals surface area contributed by atoms with Crippen molar-refractivity contribution < 1.29 is 9.90 Å². The zero-order valence-electron chi connectivity index (χ0n) is 12.7. The van der Waals surface area contributed by atoms with Crippen molar-refractivity contribution >= 4 is 11.7 Å². The van der Waals surface area contributed by atoms with E-state index in [4.69, 9.17) is 5.73 Å². The van der Waals surface area contributed by atoms with E-state index in [-0.39, 0.29) is 24.0 Å². The van der Waals surface area contributed by atoms with Gasteiger partial charge in [0.05, 0.1) is 12.6 Å². The van der Waals surface area contributed by atoms with E-state index in [9.17, 15) is 9.90 Å². The molecule has 0 spiro atoms. The Bertz CT molecular complexity index is 643. The first-order valence-electron chi connectivity index (χ1n) is 7.13. The second-order valence-electron chi connectivity index (χ2n) is 5.06. The predicted octanol–water partition coefficient (Wildman–Crippen LogP) is 1.56. The fourth-order valence-corrected chi connectivity index (χ4v) is 2.12. The summed E-state index contributed by atoms with van der Waals surface area (Å²) in [5, 5.41) is 10.3. The lowest BCUT2D eigenvalue weighted by Gasteiger charge is -2.24. The Kier molecular flexibility index (Phi) is 5.06. The van der Waals surface area contributed by atoms with E-state index in [0.717, 1.165) is 11.1 Å². The number of nitrogens with zero attached hydrogens (tertiary/aromatic N) is 3. The van der Waals surface area contributed by atoms with Crippen LogP contribution in [-0.2, 0) is 0 Å². The summed E-state index contributed by atoms with van der Waals surface area (Å²) in [7, 11) is 0. The van der Waals surface area contributed by atoms with Crippen molar-refractivity contribution in [3.8, 4) is 0 Å². The smallest absolute Gasteiger partial charge is 0.276 e. The summed E-state index contributed by atoms with van der Waals surface area (Å²) in [6.45, 7) is 4.44. The van der Waals surface area contributed by atoms with Gasteiger partial charge in [0, 0.05) is 18.9 Å². The van der Waals surface area contributed by atoms with Crippen molar-refractivity contribution in [3.05, 3.63) is 53.5 Å². The van der Waals surface area contributed by atoms with E-state index in [0.29, 0.717) is 6.54 Å². The molecule has 22 heavy (non-hydrogen) atoms. The number of amides is 1. The Morgan fingerprint density at radius 2 is 1.91 bits per heavy atom. The van der Waals surface area contributed by atoms with E-state index in [1.807, 2.05) is 38.1 Å². The van der Waals surface area contributed by atoms with Crippen molar-refractivity contribution in [2.75, 3.05) is 18.8 Å². The van der Waals surface area contributed by atoms with E-state index in [2.05, 4.69) is 9.97 Å². The van der Waals surface area contributed by atoms with Crippen LogP contribution < -0.4 is 5.73 Å². The Labute approximate surface area is 129 Å². The first-order valence-corrected chi connectivity index (χ1v) is 7.13. The number of carbonyl (C=O) groups excluding carboxylic acids is 1. The van der Waals surface area contributed by atoms with Gasteiger partial charge in [0.2, 0.25) is 0 Å². The van der Waals surface area contributed by atoms with Gasteiger partial charge in [-0.15, -0.1) is 0 Å². The highest BCUT2D eigenvalue weighted by molar-refractivity contribution is 5.96. The van der Waals surface area contributed by atoms with Crippen molar-refractivity contribution in [2.24, 2.45) is 0 Å². The first kappa shape index (κ1) is 15.9. The zero-order valence-corrected chi connectivity index (χ0v) is 12.7. The molecule has 1 atom stereocenters. The third-order valence-electron chi connectivity index (χ3n) is 3.45. The molecule has 3 N–H and O–H groups in total. The molecular formula is C16H20N4O2. The van der Waals surface area contributed by atoms with Crippen LogP contribution in [0.2, 0.25) is 0 Å². The number of benzene rings is 1. The third kappa shape index (κ3) is 3.59.